The van der Waals surface area contributed by atoms with Gasteiger partial charge >= 0.3 is 6.18 Å². The topological polar surface area (TPSA) is 51.0 Å². The average molecular weight is 416 g/mol. The zero-order chi connectivity index (χ0) is 19.4. The molecular formula is C18H14Cl2F3N3O. The molecule has 3 rings (SSSR count). The van der Waals surface area contributed by atoms with Crippen molar-refractivity contribution in [3.63, 3.8) is 0 Å². The quantitative estimate of drug-likeness (QED) is 0.548. The molecule has 0 fully saturated rings. The van der Waals surface area contributed by atoms with Crippen LogP contribution in [0.25, 0.3) is 11.5 Å². The van der Waals surface area contributed by atoms with Gasteiger partial charge in [-0.1, -0.05) is 34.4 Å². The van der Waals surface area contributed by atoms with Crippen molar-refractivity contribution >= 4 is 23.2 Å². The number of nitrogens with zero attached hydrogens (tertiary/aromatic N) is 2. The number of hydrogen-bond donors (Lipinski definition) is 1. The highest BCUT2D eigenvalue weighted by atomic mass is 35.5. The van der Waals surface area contributed by atoms with Gasteiger partial charge in [-0.2, -0.15) is 18.2 Å². The normalized spacial score (nSPS) is 11.7. The van der Waals surface area contributed by atoms with Gasteiger partial charge in [0.05, 0.1) is 12.1 Å². The van der Waals surface area contributed by atoms with E-state index in [0.29, 0.717) is 40.9 Å². The van der Waals surface area contributed by atoms with Crippen molar-refractivity contribution in [2.24, 2.45) is 0 Å². The van der Waals surface area contributed by atoms with E-state index in [2.05, 4.69) is 15.5 Å². The monoisotopic (exact) mass is 415 g/mol. The van der Waals surface area contributed by atoms with Gasteiger partial charge in [0.2, 0.25) is 0 Å². The fourth-order valence-electron chi connectivity index (χ4n) is 2.39. The summed E-state index contributed by atoms with van der Waals surface area (Å²) in [5, 5.41) is 8.17. The van der Waals surface area contributed by atoms with Crippen molar-refractivity contribution in [2.75, 3.05) is 6.54 Å². The SMILES string of the molecule is FC(F)(F)c1ccc(-c2nc(CNCCc3ccc(Cl)cc3Cl)no2)cc1. The van der Waals surface area contributed by atoms with E-state index < -0.39 is 11.7 Å². The number of hydrogen-bond acceptors (Lipinski definition) is 4. The Morgan fingerprint density at radius 3 is 2.44 bits per heavy atom. The molecule has 1 N–H and O–H groups in total. The number of rotatable bonds is 6. The van der Waals surface area contributed by atoms with Crippen molar-refractivity contribution in [3.05, 3.63) is 69.5 Å². The van der Waals surface area contributed by atoms with Crippen LogP contribution >= 0.6 is 23.2 Å². The van der Waals surface area contributed by atoms with Crippen LogP contribution in [0.5, 0.6) is 0 Å². The Balaban J connectivity index is 1.53. The Bertz CT molecular complexity index is 911. The van der Waals surface area contributed by atoms with Crippen LogP contribution in [0.4, 0.5) is 13.2 Å². The van der Waals surface area contributed by atoms with Crippen LogP contribution in [0.15, 0.2) is 47.0 Å². The van der Waals surface area contributed by atoms with Gasteiger partial charge in [0.15, 0.2) is 5.82 Å². The molecular weight excluding hydrogens is 402 g/mol. The minimum atomic E-state index is -4.38. The largest absolute Gasteiger partial charge is 0.416 e. The van der Waals surface area contributed by atoms with E-state index in [-0.39, 0.29) is 5.89 Å². The zero-order valence-corrected chi connectivity index (χ0v) is 15.4. The van der Waals surface area contributed by atoms with Gasteiger partial charge in [0.1, 0.15) is 0 Å². The molecule has 1 heterocycles. The second-order valence-electron chi connectivity index (χ2n) is 5.75. The minimum Gasteiger partial charge on any atom is -0.334 e. The molecule has 3 aromatic rings. The molecule has 0 saturated heterocycles. The van der Waals surface area contributed by atoms with Gasteiger partial charge in [-0.3, -0.25) is 0 Å². The molecule has 0 atom stereocenters. The summed E-state index contributed by atoms with van der Waals surface area (Å²) in [6, 6.07) is 9.89. The van der Waals surface area contributed by atoms with E-state index in [1.165, 1.54) is 12.1 Å². The minimum absolute atomic E-state index is 0.168. The van der Waals surface area contributed by atoms with Gasteiger partial charge < -0.3 is 9.84 Å². The molecule has 0 radical (unpaired) electrons. The molecule has 2 aromatic carbocycles. The number of aromatic nitrogens is 2. The van der Waals surface area contributed by atoms with Crippen LogP contribution in [-0.2, 0) is 19.1 Å². The first-order valence-corrected chi connectivity index (χ1v) is 8.73. The fourth-order valence-corrected chi connectivity index (χ4v) is 2.90. The smallest absolute Gasteiger partial charge is 0.334 e. The summed E-state index contributed by atoms with van der Waals surface area (Å²) in [6.07, 6.45) is -3.69. The van der Waals surface area contributed by atoms with Gasteiger partial charge in [-0.25, -0.2) is 0 Å². The van der Waals surface area contributed by atoms with Gasteiger partial charge in [-0.15, -0.1) is 0 Å². The van der Waals surface area contributed by atoms with E-state index in [1.807, 2.05) is 6.07 Å². The molecule has 0 unspecified atom stereocenters. The second kappa shape index (κ2) is 8.29. The molecule has 4 nitrogen and oxygen atoms in total. The number of alkyl halides is 3. The van der Waals surface area contributed by atoms with Crippen LogP contribution in [0.3, 0.4) is 0 Å². The number of benzene rings is 2. The third kappa shape index (κ3) is 5.22. The molecule has 0 bridgehead atoms. The predicted octanol–water partition coefficient (Wildman–Crippen LogP) is 5.39. The summed E-state index contributed by atoms with van der Waals surface area (Å²) in [6.45, 7) is 0.987. The van der Waals surface area contributed by atoms with Crippen LogP contribution in [-0.4, -0.2) is 16.7 Å². The highest BCUT2D eigenvalue weighted by molar-refractivity contribution is 6.35. The lowest BCUT2D eigenvalue weighted by atomic mass is 10.1. The summed E-state index contributed by atoms with van der Waals surface area (Å²) in [5.74, 6) is 0.577. The van der Waals surface area contributed by atoms with Crippen LogP contribution in [0.2, 0.25) is 10.0 Å². The Labute approximate surface area is 163 Å². The third-order valence-corrected chi connectivity index (χ3v) is 4.38. The molecule has 0 aliphatic rings. The van der Waals surface area contributed by atoms with Crippen molar-refractivity contribution in [3.8, 4) is 11.5 Å². The van der Waals surface area contributed by atoms with E-state index in [4.69, 9.17) is 27.7 Å². The van der Waals surface area contributed by atoms with E-state index >= 15 is 0 Å². The second-order valence-corrected chi connectivity index (χ2v) is 6.60. The summed E-state index contributed by atoms with van der Waals surface area (Å²) in [5.41, 5.74) is 0.662. The number of nitrogens with one attached hydrogen (secondary N) is 1. The summed E-state index contributed by atoms with van der Waals surface area (Å²) in [4.78, 5) is 4.18. The first kappa shape index (κ1) is 19.7. The first-order valence-electron chi connectivity index (χ1n) is 7.98. The summed E-state index contributed by atoms with van der Waals surface area (Å²) in [7, 11) is 0. The molecule has 1 aromatic heterocycles. The maximum atomic E-state index is 12.6. The van der Waals surface area contributed by atoms with Crippen molar-refractivity contribution in [1.29, 1.82) is 0 Å². The lowest BCUT2D eigenvalue weighted by Gasteiger charge is -2.05. The van der Waals surface area contributed by atoms with E-state index in [1.54, 1.807) is 12.1 Å². The zero-order valence-electron chi connectivity index (χ0n) is 13.9. The molecule has 0 spiro atoms. The molecule has 142 valence electrons. The molecule has 0 amide bonds. The fraction of sp³-hybridized carbons (Fsp3) is 0.222. The standard InChI is InChI=1S/C18H14Cl2F3N3O/c19-14-6-3-11(15(20)9-14)7-8-24-10-16-25-17(27-26-16)12-1-4-13(5-2-12)18(21,22)23/h1-6,9,24H,7-8,10H2. The first-order chi connectivity index (χ1) is 12.8. The van der Waals surface area contributed by atoms with E-state index in [9.17, 15) is 13.2 Å². The van der Waals surface area contributed by atoms with Gasteiger partial charge in [0.25, 0.3) is 5.89 Å². The van der Waals surface area contributed by atoms with Crippen LogP contribution in [0.1, 0.15) is 17.0 Å². The highest BCUT2D eigenvalue weighted by Crippen LogP contribution is 2.30. The summed E-state index contributed by atoms with van der Waals surface area (Å²) >= 11 is 12.0. The van der Waals surface area contributed by atoms with Gasteiger partial charge in [-0.05, 0) is 54.9 Å². The predicted molar refractivity (Wildman–Crippen MR) is 96.6 cm³/mol. The lowest BCUT2D eigenvalue weighted by Crippen LogP contribution is -2.17. The highest BCUT2D eigenvalue weighted by Gasteiger charge is 2.30. The maximum Gasteiger partial charge on any atom is 0.416 e. The van der Waals surface area contributed by atoms with Crippen LogP contribution < -0.4 is 5.32 Å². The van der Waals surface area contributed by atoms with Crippen molar-refractivity contribution in [1.82, 2.24) is 15.5 Å². The molecule has 0 aliphatic carbocycles. The molecule has 0 saturated carbocycles. The molecule has 0 aliphatic heterocycles. The Morgan fingerprint density at radius 2 is 1.78 bits per heavy atom. The lowest BCUT2D eigenvalue weighted by molar-refractivity contribution is -0.137. The maximum absolute atomic E-state index is 12.6. The van der Waals surface area contributed by atoms with Crippen LogP contribution in [0, 0.1) is 0 Å². The van der Waals surface area contributed by atoms with E-state index in [0.717, 1.165) is 17.7 Å². The van der Waals surface area contributed by atoms with Crippen molar-refractivity contribution in [2.45, 2.75) is 19.1 Å². The Hall–Kier alpha value is -2.09. The Morgan fingerprint density at radius 1 is 1.04 bits per heavy atom. The number of halogens is 5. The van der Waals surface area contributed by atoms with Crippen molar-refractivity contribution < 1.29 is 17.7 Å². The summed E-state index contributed by atoms with van der Waals surface area (Å²) < 4.78 is 42.9. The average Bonchev–Trinajstić information content (AvgIpc) is 3.08. The molecule has 27 heavy (non-hydrogen) atoms. The van der Waals surface area contributed by atoms with Gasteiger partial charge in [0, 0.05) is 15.6 Å². The Kier molecular flexibility index (Phi) is 6.04. The molecule has 9 heteroatoms. The third-order valence-electron chi connectivity index (χ3n) is 3.80.